The molecule has 2 aliphatic rings. The highest BCUT2D eigenvalue weighted by molar-refractivity contribution is 5.48. The van der Waals surface area contributed by atoms with Crippen molar-refractivity contribution in [1.29, 1.82) is 0 Å². The Morgan fingerprint density at radius 3 is 2.76 bits per heavy atom. The fourth-order valence-electron chi connectivity index (χ4n) is 3.43. The molecule has 1 fully saturated rings. The predicted octanol–water partition coefficient (Wildman–Crippen LogP) is 2.99. The Morgan fingerprint density at radius 1 is 1.24 bits per heavy atom. The summed E-state index contributed by atoms with van der Waals surface area (Å²) < 4.78 is 5.80. The van der Waals surface area contributed by atoms with Crippen LogP contribution in [0.25, 0.3) is 0 Å². The SMILES string of the molecule is CC1(C)CCC(N)(c2cccc3c2OCC3)C1. The first kappa shape index (κ1) is 11.1. The fourth-order valence-corrected chi connectivity index (χ4v) is 3.43. The highest BCUT2D eigenvalue weighted by Crippen LogP contribution is 2.50. The van der Waals surface area contributed by atoms with Crippen molar-refractivity contribution >= 4 is 0 Å². The summed E-state index contributed by atoms with van der Waals surface area (Å²) in [6.07, 6.45) is 4.36. The summed E-state index contributed by atoms with van der Waals surface area (Å²) in [6.45, 7) is 5.43. The van der Waals surface area contributed by atoms with Crippen LogP contribution in [0.5, 0.6) is 5.75 Å². The third-order valence-electron chi connectivity index (χ3n) is 4.29. The maximum Gasteiger partial charge on any atom is 0.127 e. The van der Waals surface area contributed by atoms with Gasteiger partial charge in [0.15, 0.2) is 0 Å². The van der Waals surface area contributed by atoms with Gasteiger partial charge in [-0.25, -0.2) is 0 Å². The first-order valence-electron chi connectivity index (χ1n) is 6.54. The summed E-state index contributed by atoms with van der Waals surface area (Å²) in [7, 11) is 0. The predicted molar refractivity (Wildman–Crippen MR) is 69.1 cm³/mol. The minimum Gasteiger partial charge on any atom is -0.493 e. The van der Waals surface area contributed by atoms with Crippen molar-refractivity contribution in [3.05, 3.63) is 29.3 Å². The largest absolute Gasteiger partial charge is 0.493 e. The molecule has 17 heavy (non-hydrogen) atoms. The highest BCUT2D eigenvalue weighted by Gasteiger charge is 2.43. The molecule has 1 heterocycles. The van der Waals surface area contributed by atoms with Gasteiger partial charge in [0.2, 0.25) is 0 Å². The molecule has 0 amide bonds. The molecule has 0 radical (unpaired) electrons. The van der Waals surface area contributed by atoms with Gasteiger partial charge in [-0.3, -0.25) is 0 Å². The lowest BCUT2D eigenvalue weighted by atomic mass is 9.83. The minimum absolute atomic E-state index is 0.181. The molecule has 1 aliphatic heterocycles. The molecule has 0 aromatic heterocycles. The average Bonchev–Trinajstić information content (AvgIpc) is 2.82. The van der Waals surface area contributed by atoms with E-state index in [-0.39, 0.29) is 5.54 Å². The molecule has 0 bridgehead atoms. The van der Waals surface area contributed by atoms with Crippen LogP contribution in [-0.2, 0) is 12.0 Å². The average molecular weight is 231 g/mol. The van der Waals surface area contributed by atoms with Gasteiger partial charge >= 0.3 is 0 Å². The number of fused-ring (bicyclic) bond motifs is 1. The molecule has 1 atom stereocenters. The van der Waals surface area contributed by atoms with Crippen LogP contribution in [-0.4, -0.2) is 6.61 Å². The van der Waals surface area contributed by atoms with Gasteiger partial charge in [0.25, 0.3) is 0 Å². The van der Waals surface area contributed by atoms with Gasteiger partial charge in [0.05, 0.1) is 6.61 Å². The van der Waals surface area contributed by atoms with E-state index in [1.54, 1.807) is 0 Å². The van der Waals surface area contributed by atoms with Crippen molar-refractivity contribution in [1.82, 2.24) is 0 Å². The summed E-state index contributed by atoms with van der Waals surface area (Å²) in [5.74, 6) is 1.08. The summed E-state index contributed by atoms with van der Waals surface area (Å²) >= 11 is 0. The zero-order valence-corrected chi connectivity index (χ0v) is 10.8. The molecule has 1 saturated carbocycles. The molecule has 1 aliphatic carbocycles. The van der Waals surface area contributed by atoms with Crippen LogP contribution in [0.4, 0.5) is 0 Å². The second-order valence-corrected chi connectivity index (χ2v) is 6.39. The van der Waals surface area contributed by atoms with Crippen LogP contribution in [0.15, 0.2) is 18.2 Å². The van der Waals surface area contributed by atoms with E-state index in [4.69, 9.17) is 10.5 Å². The standard InChI is InChI=1S/C15H21NO/c1-14(2)7-8-15(16,10-14)12-5-3-4-11-6-9-17-13(11)12/h3-5H,6-10,16H2,1-2H3. The molecule has 2 nitrogen and oxygen atoms in total. The van der Waals surface area contributed by atoms with E-state index in [0.29, 0.717) is 5.41 Å². The number of hydrogen-bond acceptors (Lipinski definition) is 2. The van der Waals surface area contributed by atoms with Crippen molar-refractivity contribution in [3.8, 4) is 5.75 Å². The quantitative estimate of drug-likeness (QED) is 0.806. The number of nitrogens with two attached hydrogens (primary N) is 1. The molecule has 2 heteroatoms. The van der Waals surface area contributed by atoms with Gasteiger partial charge in [-0.15, -0.1) is 0 Å². The van der Waals surface area contributed by atoms with E-state index in [1.165, 1.54) is 17.5 Å². The molecule has 3 rings (SSSR count). The molecule has 2 N–H and O–H groups in total. The maximum atomic E-state index is 6.65. The Morgan fingerprint density at radius 2 is 2.06 bits per heavy atom. The van der Waals surface area contributed by atoms with Gasteiger partial charge in [-0.05, 0) is 30.2 Å². The van der Waals surface area contributed by atoms with Gasteiger partial charge in [-0.2, -0.15) is 0 Å². The zero-order chi connectivity index (χ0) is 12.1. The molecule has 1 aromatic rings. The summed E-state index contributed by atoms with van der Waals surface area (Å²) in [5, 5.41) is 0. The lowest BCUT2D eigenvalue weighted by Gasteiger charge is -2.28. The van der Waals surface area contributed by atoms with Crippen molar-refractivity contribution < 1.29 is 4.74 Å². The van der Waals surface area contributed by atoms with E-state index in [2.05, 4.69) is 32.0 Å². The van der Waals surface area contributed by atoms with Crippen molar-refractivity contribution in [2.24, 2.45) is 11.1 Å². The van der Waals surface area contributed by atoms with Crippen LogP contribution < -0.4 is 10.5 Å². The number of rotatable bonds is 1. The Hall–Kier alpha value is -1.02. The molecular formula is C15H21NO. The molecule has 0 saturated heterocycles. The third kappa shape index (κ3) is 1.75. The first-order valence-corrected chi connectivity index (χ1v) is 6.54. The van der Waals surface area contributed by atoms with Gasteiger partial charge in [-0.1, -0.05) is 32.0 Å². The van der Waals surface area contributed by atoms with Crippen molar-refractivity contribution in [2.45, 2.75) is 45.1 Å². The van der Waals surface area contributed by atoms with Crippen molar-refractivity contribution in [2.75, 3.05) is 6.61 Å². The number of para-hydroxylation sites is 1. The molecule has 92 valence electrons. The lowest BCUT2D eigenvalue weighted by molar-refractivity contribution is 0.318. The Kier molecular flexibility index (Phi) is 2.27. The van der Waals surface area contributed by atoms with E-state index in [0.717, 1.165) is 31.6 Å². The van der Waals surface area contributed by atoms with E-state index in [1.807, 2.05) is 0 Å². The molecule has 1 unspecified atom stereocenters. The van der Waals surface area contributed by atoms with E-state index >= 15 is 0 Å². The summed E-state index contributed by atoms with van der Waals surface area (Å²) in [4.78, 5) is 0. The van der Waals surface area contributed by atoms with Crippen LogP contribution in [0.3, 0.4) is 0 Å². The minimum atomic E-state index is -0.181. The summed E-state index contributed by atoms with van der Waals surface area (Å²) in [6, 6.07) is 6.45. The van der Waals surface area contributed by atoms with E-state index < -0.39 is 0 Å². The second kappa shape index (κ2) is 3.49. The van der Waals surface area contributed by atoms with Gasteiger partial charge in [0.1, 0.15) is 5.75 Å². The highest BCUT2D eigenvalue weighted by atomic mass is 16.5. The van der Waals surface area contributed by atoms with Gasteiger partial charge < -0.3 is 10.5 Å². The zero-order valence-electron chi connectivity index (χ0n) is 10.8. The lowest BCUT2D eigenvalue weighted by Crippen LogP contribution is -2.35. The van der Waals surface area contributed by atoms with Crippen LogP contribution >= 0.6 is 0 Å². The number of benzene rings is 1. The van der Waals surface area contributed by atoms with Gasteiger partial charge in [0, 0.05) is 17.5 Å². The maximum absolute atomic E-state index is 6.65. The van der Waals surface area contributed by atoms with Crippen LogP contribution in [0.1, 0.15) is 44.2 Å². The molecular weight excluding hydrogens is 210 g/mol. The van der Waals surface area contributed by atoms with Crippen molar-refractivity contribution in [3.63, 3.8) is 0 Å². The van der Waals surface area contributed by atoms with Crippen LogP contribution in [0.2, 0.25) is 0 Å². The first-order chi connectivity index (χ1) is 8.00. The second-order valence-electron chi connectivity index (χ2n) is 6.39. The third-order valence-corrected chi connectivity index (χ3v) is 4.29. The topological polar surface area (TPSA) is 35.2 Å². The number of hydrogen-bond donors (Lipinski definition) is 1. The Labute approximate surface area is 103 Å². The van der Waals surface area contributed by atoms with E-state index in [9.17, 15) is 0 Å². The Bertz CT molecular complexity index is 452. The van der Waals surface area contributed by atoms with Crippen LogP contribution in [0, 0.1) is 5.41 Å². The molecule has 1 aromatic carbocycles. The smallest absolute Gasteiger partial charge is 0.127 e. The summed E-state index contributed by atoms with van der Waals surface area (Å²) in [5.41, 5.74) is 9.39. The molecule has 0 spiro atoms. The monoisotopic (exact) mass is 231 g/mol. The normalized spacial score (nSPS) is 30.1. The fraction of sp³-hybridized carbons (Fsp3) is 0.600. The Balaban J connectivity index is 2.03. The number of ether oxygens (including phenoxy) is 1.